The minimum atomic E-state index is -0.507. The van der Waals surface area contributed by atoms with E-state index in [2.05, 4.69) is 19.2 Å². The van der Waals surface area contributed by atoms with Gasteiger partial charge >= 0.3 is 0 Å². The Balaban J connectivity index is 2.54. The monoisotopic (exact) mass is 315 g/mol. The minimum absolute atomic E-state index is 0.404. The Kier molecular flexibility index (Phi) is 4.70. The van der Waals surface area contributed by atoms with E-state index in [1.165, 1.54) is 23.1 Å². The maximum atomic E-state index is 12.8. The molecule has 0 spiro atoms. The van der Waals surface area contributed by atoms with Gasteiger partial charge in [0.05, 0.1) is 0 Å². The molecule has 0 fully saturated rings. The number of ketones is 1. The van der Waals surface area contributed by atoms with Crippen molar-refractivity contribution in [2.75, 3.05) is 0 Å². The lowest BCUT2D eigenvalue weighted by Gasteiger charge is -2.29. The van der Waals surface area contributed by atoms with Crippen LogP contribution in [0, 0.1) is 20.8 Å². The molecule has 126 valence electrons. The summed E-state index contributed by atoms with van der Waals surface area (Å²) in [5.74, 6) is -0.380. The second-order valence-electron chi connectivity index (χ2n) is 7.97. The number of rotatable bonds is 2. The van der Waals surface area contributed by atoms with E-state index in [0.29, 0.717) is 11.5 Å². The lowest BCUT2D eigenvalue weighted by molar-refractivity contribution is -0.118. The minimum Gasteiger partial charge on any atom is -0.345 e. The predicted molar refractivity (Wildman–Crippen MR) is 94.2 cm³/mol. The highest BCUT2D eigenvalue weighted by atomic mass is 16.2. The Hall–Kier alpha value is -1.64. The number of carbonyl (C=O) groups excluding carboxylic acids is 2. The van der Waals surface area contributed by atoms with Gasteiger partial charge < -0.3 is 5.32 Å². The molecule has 3 nitrogen and oxygen atoms in total. The van der Waals surface area contributed by atoms with Gasteiger partial charge in [0.25, 0.3) is 11.7 Å². The van der Waals surface area contributed by atoms with Crippen molar-refractivity contribution >= 4 is 11.7 Å². The molecular weight excluding hydrogens is 286 g/mol. The number of hydrogen-bond donors (Lipinski definition) is 1. The molecule has 1 aromatic rings. The number of hydrogen-bond acceptors (Lipinski definition) is 2. The standard InChI is InChI=1S/C20H29NO2/c1-11-9-8-10-15-14(4)17(13(3)12(2)16(11)15)18(22)19(23)21-20(5,6)7/h11H,8-10H2,1-7H3,(H,21,23). The molecule has 0 heterocycles. The highest BCUT2D eigenvalue weighted by molar-refractivity contribution is 6.43. The average Bonchev–Trinajstić information content (AvgIpc) is 2.43. The molecule has 0 saturated heterocycles. The molecule has 0 radical (unpaired) electrons. The molecule has 2 rings (SSSR count). The van der Waals surface area contributed by atoms with Crippen molar-refractivity contribution in [1.82, 2.24) is 5.32 Å². The highest BCUT2D eigenvalue weighted by Gasteiger charge is 2.30. The maximum Gasteiger partial charge on any atom is 0.292 e. The van der Waals surface area contributed by atoms with Crippen molar-refractivity contribution in [2.24, 2.45) is 0 Å². The van der Waals surface area contributed by atoms with E-state index < -0.39 is 17.2 Å². The predicted octanol–water partition coefficient (Wildman–Crippen LogP) is 4.15. The third-order valence-corrected chi connectivity index (χ3v) is 4.97. The molecule has 23 heavy (non-hydrogen) atoms. The number of benzene rings is 1. The summed E-state index contributed by atoms with van der Waals surface area (Å²) in [6, 6.07) is 0. The number of carbonyl (C=O) groups is 2. The summed E-state index contributed by atoms with van der Waals surface area (Å²) in [5, 5.41) is 2.79. The maximum absolute atomic E-state index is 12.8. The third-order valence-electron chi connectivity index (χ3n) is 4.97. The Morgan fingerprint density at radius 2 is 1.65 bits per heavy atom. The normalized spacial score (nSPS) is 17.6. The van der Waals surface area contributed by atoms with Crippen LogP contribution in [0.2, 0.25) is 0 Å². The van der Waals surface area contributed by atoms with Gasteiger partial charge in [-0.2, -0.15) is 0 Å². The highest BCUT2D eigenvalue weighted by Crippen LogP contribution is 2.38. The average molecular weight is 315 g/mol. The quantitative estimate of drug-likeness (QED) is 0.658. The second kappa shape index (κ2) is 6.10. The van der Waals surface area contributed by atoms with E-state index in [1.807, 2.05) is 34.6 Å². The van der Waals surface area contributed by atoms with Crippen molar-refractivity contribution in [1.29, 1.82) is 0 Å². The van der Waals surface area contributed by atoms with E-state index >= 15 is 0 Å². The largest absolute Gasteiger partial charge is 0.345 e. The lowest BCUT2D eigenvalue weighted by Crippen LogP contribution is -2.44. The van der Waals surface area contributed by atoms with E-state index in [-0.39, 0.29) is 0 Å². The fourth-order valence-corrected chi connectivity index (χ4v) is 3.82. The van der Waals surface area contributed by atoms with Crippen LogP contribution in [-0.2, 0) is 11.2 Å². The van der Waals surface area contributed by atoms with Crippen molar-refractivity contribution in [2.45, 2.75) is 79.2 Å². The summed E-state index contributed by atoms with van der Waals surface area (Å²) in [4.78, 5) is 25.1. The molecule has 1 N–H and O–H groups in total. The first-order valence-electron chi connectivity index (χ1n) is 8.54. The summed E-state index contributed by atoms with van der Waals surface area (Å²) in [6.07, 6.45) is 3.36. The molecule has 3 heteroatoms. The van der Waals surface area contributed by atoms with Crippen molar-refractivity contribution < 1.29 is 9.59 Å². The number of Topliss-reactive ketones (excluding diaryl/α,β-unsaturated/α-hetero) is 1. The van der Waals surface area contributed by atoms with Gasteiger partial charge in [-0.05, 0) is 94.5 Å². The fourth-order valence-electron chi connectivity index (χ4n) is 3.82. The van der Waals surface area contributed by atoms with Crippen LogP contribution in [0.25, 0.3) is 0 Å². The molecule has 0 aromatic heterocycles. The molecule has 1 aliphatic rings. The molecule has 1 aromatic carbocycles. The Bertz CT molecular complexity index is 665. The molecule has 1 amide bonds. The molecule has 0 aliphatic heterocycles. The van der Waals surface area contributed by atoms with Crippen LogP contribution in [0.4, 0.5) is 0 Å². The summed E-state index contributed by atoms with van der Waals surface area (Å²) in [7, 11) is 0. The first-order valence-corrected chi connectivity index (χ1v) is 8.54. The van der Waals surface area contributed by atoms with Crippen LogP contribution in [-0.4, -0.2) is 17.2 Å². The van der Waals surface area contributed by atoms with E-state index in [0.717, 1.165) is 24.0 Å². The molecule has 0 bridgehead atoms. The van der Waals surface area contributed by atoms with Crippen LogP contribution >= 0.6 is 0 Å². The topological polar surface area (TPSA) is 46.2 Å². The van der Waals surface area contributed by atoms with Gasteiger partial charge in [-0.25, -0.2) is 0 Å². The molecule has 0 saturated carbocycles. The van der Waals surface area contributed by atoms with Crippen LogP contribution in [0.5, 0.6) is 0 Å². The van der Waals surface area contributed by atoms with Gasteiger partial charge in [-0.15, -0.1) is 0 Å². The van der Waals surface area contributed by atoms with Crippen LogP contribution in [0.15, 0.2) is 0 Å². The van der Waals surface area contributed by atoms with Crippen LogP contribution < -0.4 is 5.32 Å². The summed E-state index contributed by atoms with van der Waals surface area (Å²) >= 11 is 0. The summed E-state index contributed by atoms with van der Waals surface area (Å²) in [5.41, 5.74) is 6.04. The first-order chi connectivity index (χ1) is 10.5. The third kappa shape index (κ3) is 3.34. The number of amides is 1. The summed E-state index contributed by atoms with van der Waals surface area (Å²) < 4.78 is 0. The van der Waals surface area contributed by atoms with Gasteiger partial charge in [0.15, 0.2) is 0 Å². The van der Waals surface area contributed by atoms with E-state index in [4.69, 9.17) is 0 Å². The first kappa shape index (κ1) is 17.7. The van der Waals surface area contributed by atoms with Crippen molar-refractivity contribution in [3.8, 4) is 0 Å². The Labute approximate surface area is 139 Å². The number of fused-ring (bicyclic) bond motifs is 1. The molecule has 1 unspecified atom stereocenters. The smallest absolute Gasteiger partial charge is 0.292 e. The fraction of sp³-hybridized carbons (Fsp3) is 0.600. The Morgan fingerprint density at radius 1 is 1.04 bits per heavy atom. The molecule has 1 atom stereocenters. The Morgan fingerprint density at radius 3 is 2.22 bits per heavy atom. The van der Waals surface area contributed by atoms with Crippen molar-refractivity contribution in [3.05, 3.63) is 33.4 Å². The SMILES string of the molecule is Cc1c(C)c2c(c(C)c1C(=O)C(=O)NC(C)(C)C)CCCC2C. The van der Waals surface area contributed by atoms with E-state index in [1.54, 1.807) is 0 Å². The molecule has 1 aliphatic carbocycles. The second-order valence-corrected chi connectivity index (χ2v) is 7.97. The summed E-state index contributed by atoms with van der Waals surface area (Å²) in [6.45, 7) is 14.0. The zero-order valence-electron chi connectivity index (χ0n) is 15.5. The zero-order chi connectivity index (χ0) is 17.5. The van der Waals surface area contributed by atoms with Gasteiger partial charge in [0.1, 0.15) is 0 Å². The van der Waals surface area contributed by atoms with Gasteiger partial charge in [-0.3, -0.25) is 9.59 Å². The van der Waals surface area contributed by atoms with E-state index in [9.17, 15) is 9.59 Å². The van der Waals surface area contributed by atoms with Gasteiger partial charge in [0, 0.05) is 11.1 Å². The lowest BCUT2D eigenvalue weighted by atomic mass is 9.75. The van der Waals surface area contributed by atoms with Gasteiger partial charge in [-0.1, -0.05) is 6.92 Å². The number of nitrogens with one attached hydrogen (secondary N) is 1. The molecular formula is C20H29NO2. The van der Waals surface area contributed by atoms with Gasteiger partial charge in [0.2, 0.25) is 0 Å². The zero-order valence-corrected chi connectivity index (χ0v) is 15.5. The van der Waals surface area contributed by atoms with Crippen LogP contribution in [0.1, 0.15) is 84.6 Å². The van der Waals surface area contributed by atoms with Crippen LogP contribution in [0.3, 0.4) is 0 Å². The van der Waals surface area contributed by atoms with Crippen molar-refractivity contribution in [3.63, 3.8) is 0 Å².